The molecule has 0 radical (unpaired) electrons. The first kappa shape index (κ1) is 26.8. The number of esters is 1. The lowest BCUT2D eigenvalue weighted by Crippen LogP contribution is -2.43. The molecule has 0 aliphatic heterocycles. The minimum atomic E-state index is -1.36. The summed E-state index contributed by atoms with van der Waals surface area (Å²) in [6.45, 7) is 0.895. The Bertz CT molecular complexity index is 1490. The van der Waals surface area contributed by atoms with Crippen LogP contribution in [0.15, 0.2) is 54.9 Å². The van der Waals surface area contributed by atoms with Crippen molar-refractivity contribution in [2.24, 2.45) is 12.8 Å². The number of nitrogens with two attached hydrogens (primary N) is 1. The molecule has 196 valence electrons. The normalized spacial score (nSPS) is 11.7. The van der Waals surface area contributed by atoms with E-state index < -0.39 is 30.4 Å². The number of hydrogen-bond donors (Lipinski definition) is 2. The number of benzene rings is 2. The molecule has 1 atom stereocenters. The van der Waals surface area contributed by atoms with E-state index in [-0.39, 0.29) is 18.3 Å². The molecule has 0 saturated heterocycles. The van der Waals surface area contributed by atoms with Crippen LogP contribution >= 0.6 is 23.2 Å². The Hall–Kier alpha value is -4.22. The summed E-state index contributed by atoms with van der Waals surface area (Å²) >= 11 is 12.2. The molecular formula is C25H23Cl2N7O4. The van der Waals surface area contributed by atoms with Crippen molar-refractivity contribution >= 4 is 63.9 Å². The van der Waals surface area contributed by atoms with Crippen molar-refractivity contribution in [2.75, 3.05) is 16.8 Å². The van der Waals surface area contributed by atoms with E-state index in [1.54, 1.807) is 60.1 Å². The predicted octanol–water partition coefficient (Wildman–Crippen LogP) is 3.40. The molecule has 4 rings (SSSR count). The Morgan fingerprint density at radius 1 is 1.11 bits per heavy atom. The van der Waals surface area contributed by atoms with Crippen LogP contribution in [-0.2, 0) is 32.7 Å². The van der Waals surface area contributed by atoms with Gasteiger partial charge >= 0.3 is 5.97 Å². The number of fused-ring (bicyclic) bond motifs is 1. The summed E-state index contributed by atoms with van der Waals surface area (Å²) in [6.07, 6.45) is 0.181. The molecule has 2 amide bonds. The van der Waals surface area contributed by atoms with Crippen molar-refractivity contribution in [3.05, 3.63) is 76.0 Å². The van der Waals surface area contributed by atoms with Crippen molar-refractivity contribution in [3.8, 4) is 0 Å². The maximum atomic E-state index is 13.7. The van der Waals surface area contributed by atoms with Crippen molar-refractivity contribution in [2.45, 2.75) is 19.6 Å². The second kappa shape index (κ2) is 11.4. The maximum Gasteiger partial charge on any atom is 0.303 e. The van der Waals surface area contributed by atoms with Gasteiger partial charge in [0.2, 0.25) is 18.0 Å². The number of amides is 2. The number of ether oxygens (including phenoxy) is 1. The summed E-state index contributed by atoms with van der Waals surface area (Å²) in [5, 5.41) is 4.11. The van der Waals surface area contributed by atoms with Crippen LogP contribution in [0.4, 0.5) is 11.8 Å². The van der Waals surface area contributed by atoms with Gasteiger partial charge in [0, 0.05) is 36.1 Å². The van der Waals surface area contributed by atoms with Gasteiger partial charge in [-0.05, 0) is 23.8 Å². The van der Waals surface area contributed by atoms with Crippen LogP contribution in [0, 0.1) is 0 Å². The molecule has 4 aromatic rings. The van der Waals surface area contributed by atoms with Crippen molar-refractivity contribution in [3.63, 3.8) is 0 Å². The van der Waals surface area contributed by atoms with Crippen molar-refractivity contribution in [1.82, 2.24) is 19.5 Å². The summed E-state index contributed by atoms with van der Waals surface area (Å²) in [7, 11) is 1.72. The zero-order chi connectivity index (χ0) is 27.4. The van der Waals surface area contributed by atoms with Crippen LogP contribution in [0.2, 0.25) is 10.0 Å². The van der Waals surface area contributed by atoms with Gasteiger partial charge in [-0.1, -0.05) is 53.5 Å². The fraction of sp³-hybridized carbons (Fsp3) is 0.200. The summed E-state index contributed by atoms with van der Waals surface area (Å²) in [4.78, 5) is 51.9. The van der Waals surface area contributed by atoms with Gasteiger partial charge in [0.1, 0.15) is 6.54 Å². The number of anilines is 2. The van der Waals surface area contributed by atoms with E-state index in [1.165, 1.54) is 13.3 Å². The quantitative estimate of drug-likeness (QED) is 0.299. The fourth-order valence-corrected chi connectivity index (χ4v) is 4.31. The molecule has 0 saturated carbocycles. The van der Waals surface area contributed by atoms with E-state index in [4.69, 9.17) is 33.7 Å². The Balaban J connectivity index is 1.77. The van der Waals surface area contributed by atoms with Crippen molar-refractivity contribution < 1.29 is 19.1 Å². The smallest absolute Gasteiger partial charge is 0.303 e. The standard InChI is InChI=1S/C25H23Cl2N7O4/c1-14(35)38-21(16-6-4-3-5-7-16)24(37)34(12-19(28)36)25-31-22(20-23(32-25)33(2)13-30-20)29-11-15-8-17(26)10-18(27)9-15/h3-10,13,21H,11-12H2,1-2H3,(H2,28,36)(H,29,31,32). The summed E-state index contributed by atoms with van der Waals surface area (Å²) in [5.41, 5.74) is 7.46. The van der Waals surface area contributed by atoms with Crippen LogP contribution < -0.4 is 16.0 Å². The molecule has 0 aliphatic rings. The lowest BCUT2D eigenvalue weighted by molar-refractivity contribution is -0.153. The molecule has 2 heterocycles. The van der Waals surface area contributed by atoms with E-state index in [9.17, 15) is 14.4 Å². The Morgan fingerprint density at radius 2 is 1.79 bits per heavy atom. The maximum absolute atomic E-state index is 13.7. The minimum Gasteiger partial charge on any atom is -0.447 e. The van der Waals surface area contributed by atoms with Gasteiger partial charge < -0.3 is 20.4 Å². The highest BCUT2D eigenvalue weighted by Crippen LogP contribution is 2.27. The van der Waals surface area contributed by atoms with Crippen LogP contribution in [-0.4, -0.2) is 43.8 Å². The molecule has 0 fully saturated rings. The van der Waals surface area contributed by atoms with Crippen LogP contribution in [0.3, 0.4) is 0 Å². The zero-order valence-corrected chi connectivity index (χ0v) is 21.9. The number of primary amides is 1. The van der Waals surface area contributed by atoms with Crippen LogP contribution in [0.1, 0.15) is 24.2 Å². The molecule has 0 aliphatic carbocycles. The largest absolute Gasteiger partial charge is 0.447 e. The number of nitrogens with one attached hydrogen (secondary N) is 1. The number of aromatic nitrogens is 4. The minimum absolute atomic E-state index is 0.135. The number of carbonyl (C=O) groups excluding carboxylic acids is 3. The zero-order valence-electron chi connectivity index (χ0n) is 20.4. The monoisotopic (exact) mass is 555 g/mol. The second-order valence-electron chi connectivity index (χ2n) is 8.32. The Morgan fingerprint density at radius 3 is 2.42 bits per heavy atom. The molecule has 2 aromatic carbocycles. The van der Waals surface area contributed by atoms with Gasteiger partial charge in [-0.15, -0.1) is 0 Å². The third-order valence-electron chi connectivity index (χ3n) is 5.36. The summed E-state index contributed by atoms with van der Waals surface area (Å²) in [6, 6.07) is 13.5. The van der Waals surface area contributed by atoms with E-state index in [2.05, 4.69) is 20.3 Å². The number of imidazole rings is 1. The lowest BCUT2D eigenvalue weighted by Gasteiger charge is -2.25. The SMILES string of the molecule is CC(=O)OC(C(=O)N(CC(N)=O)c1nc(NCc2cc(Cl)cc(Cl)c2)c2ncn(C)c2n1)c1ccccc1. The highest BCUT2D eigenvalue weighted by atomic mass is 35.5. The third kappa shape index (κ3) is 6.18. The molecule has 2 aromatic heterocycles. The van der Waals surface area contributed by atoms with Crippen LogP contribution in [0.25, 0.3) is 11.2 Å². The van der Waals surface area contributed by atoms with Gasteiger partial charge in [-0.25, -0.2) is 4.98 Å². The topological polar surface area (TPSA) is 145 Å². The molecule has 0 bridgehead atoms. The fourth-order valence-electron chi connectivity index (χ4n) is 3.74. The molecule has 0 spiro atoms. The molecule has 1 unspecified atom stereocenters. The van der Waals surface area contributed by atoms with Gasteiger partial charge in [0.25, 0.3) is 5.91 Å². The first-order chi connectivity index (χ1) is 18.1. The lowest BCUT2D eigenvalue weighted by atomic mass is 10.1. The van der Waals surface area contributed by atoms with Gasteiger partial charge in [0.05, 0.1) is 6.33 Å². The third-order valence-corrected chi connectivity index (χ3v) is 5.80. The number of aryl methyl sites for hydroxylation is 1. The average Bonchev–Trinajstić information content (AvgIpc) is 3.24. The second-order valence-corrected chi connectivity index (χ2v) is 9.19. The Labute approximate surface area is 227 Å². The highest BCUT2D eigenvalue weighted by molar-refractivity contribution is 6.34. The van der Waals surface area contributed by atoms with E-state index in [0.717, 1.165) is 10.5 Å². The molecule has 3 N–H and O–H groups in total. The van der Waals surface area contributed by atoms with E-state index >= 15 is 0 Å². The first-order valence-corrected chi connectivity index (χ1v) is 12.1. The number of halogens is 2. The average molecular weight is 556 g/mol. The highest BCUT2D eigenvalue weighted by Gasteiger charge is 2.33. The van der Waals surface area contributed by atoms with Crippen LogP contribution in [0.5, 0.6) is 0 Å². The molecule has 11 nitrogen and oxygen atoms in total. The number of nitrogens with zero attached hydrogens (tertiary/aromatic N) is 5. The molecular weight excluding hydrogens is 533 g/mol. The first-order valence-electron chi connectivity index (χ1n) is 11.3. The van der Waals surface area contributed by atoms with Gasteiger partial charge in [-0.3, -0.25) is 19.3 Å². The van der Waals surface area contributed by atoms with Gasteiger partial charge in [-0.2, -0.15) is 9.97 Å². The summed E-state index contributed by atoms with van der Waals surface area (Å²) < 4.78 is 6.97. The number of carbonyl (C=O) groups is 3. The van der Waals surface area contributed by atoms with Gasteiger partial charge in [0.15, 0.2) is 17.0 Å². The van der Waals surface area contributed by atoms with E-state index in [1.807, 2.05) is 0 Å². The predicted molar refractivity (Wildman–Crippen MR) is 143 cm³/mol. The number of rotatable bonds is 9. The molecule has 38 heavy (non-hydrogen) atoms. The summed E-state index contributed by atoms with van der Waals surface area (Å²) in [5.74, 6) is -2.10. The van der Waals surface area contributed by atoms with Crippen molar-refractivity contribution in [1.29, 1.82) is 0 Å². The van der Waals surface area contributed by atoms with E-state index in [0.29, 0.717) is 26.8 Å². The molecule has 13 heteroatoms. The Kier molecular flexibility index (Phi) is 8.08. The number of hydrogen-bond acceptors (Lipinski definition) is 8.